The summed E-state index contributed by atoms with van der Waals surface area (Å²) in [5, 5.41) is 3.09. The first kappa shape index (κ1) is 21.4. The normalized spacial score (nSPS) is 16.2. The van der Waals surface area contributed by atoms with Crippen molar-refractivity contribution in [3.63, 3.8) is 0 Å². The molecule has 3 rings (SSSR count). The van der Waals surface area contributed by atoms with Gasteiger partial charge in [-0.15, -0.1) is 13.2 Å². The zero-order valence-electron chi connectivity index (χ0n) is 16.7. The van der Waals surface area contributed by atoms with Crippen molar-refractivity contribution < 1.29 is 27.5 Å². The Bertz CT molecular complexity index is 945. The molecule has 0 unspecified atom stereocenters. The minimum atomic E-state index is -4.82. The Kier molecular flexibility index (Phi) is 5.60. The van der Waals surface area contributed by atoms with Crippen LogP contribution in [0.1, 0.15) is 26.3 Å². The van der Waals surface area contributed by atoms with E-state index < -0.39 is 29.6 Å². The number of halogens is 3. The van der Waals surface area contributed by atoms with Crippen molar-refractivity contribution in [2.75, 3.05) is 16.8 Å². The summed E-state index contributed by atoms with van der Waals surface area (Å²) >= 11 is 0. The lowest BCUT2D eigenvalue weighted by atomic mass is 10.0. The molecule has 1 aromatic carbocycles. The highest BCUT2D eigenvalue weighted by Gasteiger charge is 2.51. The topological polar surface area (TPSA) is 74.8 Å². The molecule has 0 atom stereocenters. The smallest absolute Gasteiger partial charge is 0.406 e. The van der Waals surface area contributed by atoms with Crippen LogP contribution in [0, 0.1) is 0 Å². The Balaban J connectivity index is 1.84. The Hall–Kier alpha value is -3.30. The molecule has 3 amide bonds. The molecule has 2 aromatic rings. The van der Waals surface area contributed by atoms with Gasteiger partial charge >= 0.3 is 12.4 Å². The average Bonchev–Trinajstić information content (AvgIpc) is 2.82. The average molecular weight is 422 g/mol. The summed E-state index contributed by atoms with van der Waals surface area (Å²) in [4.78, 5) is 32.6. The van der Waals surface area contributed by atoms with Gasteiger partial charge in [0.15, 0.2) is 0 Å². The highest BCUT2D eigenvalue weighted by Crippen LogP contribution is 2.34. The third-order valence-corrected chi connectivity index (χ3v) is 4.67. The van der Waals surface area contributed by atoms with E-state index in [1.54, 1.807) is 32.2 Å². The van der Waals surface area contributed by atoms with Gasteiger partial charge in [0.25, 0.3) is 5.91 Å². The summed E-state index contributed by atoms with van der Waals surface area (Å²) < 4.78 is 40.9. The number of nitrogens with one attached hydrogen (secondary N) is 1. The molecule has 0 radical (unpaired) electrons. The maximum atomic E-state index is 13.0. The van der Waals surface area contributed by atoms with E-state index >= 15 is 0 Å². The number of rotatable bonds is 6. The van der Waals surface area contributed by atoms with E-state index in [-0.39, 0.29) is 12.2 Å². The number of pyridine rings is 1. The van der Waals surface area contributed by atoms with Gasteiger partial charge in [0.1, 0.15) is 17.1 Å². The monoisotopic (exact) mass is 422 g/mol. The second kappa shape index (κ2) is 7.85. The number of hydrogen-bond acceptors (Lipinski definition) is 5. The Labute approximate surface area is 171 Å². The number of anilines is 2. The van der Waals surface area contributed by atoms with Crippen LogP contribution in [0.4, 0.5) is 29.5 Å². The van der Waals surface area contributed by atoms with E-state index in [9.17, 15) is 22.8 Å². The number of nitrogens with zero attached hydrogens (tertiary/aromatic N) is 3. The number of aromatic nitrogens is 1. The largest absolute Gasteiger partial charge is 0.573 e. The van der Waals surface area contributed by atoms with E-state index in [0.29, 0.717) is 12.4 Å². The SMILES string of the molecule is CCNc1cc(CN2C(=O)N(c3ccc(OC(F)(F)F)cc3)C(=O)C2(C)C)ccn1. The number of urea groups is 1. The summed E-state index contributed by atoms with van der Waals surface area (Å²) in [5.74, 6) is -0.255. The first-order valence-corrected chi connectivity index (χ1v) is 9.23. The molecular weight excluding hydrogens is 401 g/mol. The van der Waals surface area contributed by atoms with E-state index in [1.807, 2.05) is 6.92 Å². The Morgan fingerprint density at radius 1 is 1.13 bits per heavy atom. The van der Waals surface area contributed by atoms with E-state index in [1.165, 1.54) is 17.0 Å². The number of ether oxygens (including phenoxy) is 1. The van der Waals surface area contributed by atoms with E-state index in [0.717, 1.165) is 22.6 Å². The molecule has 2 heterocycles. The summed E-state index contributed by atoms with van der Waals surface area (Å²) in [6, 6.07) is 7.59. The molecule has 1 saturated heterocycles. The first-order chi connectivity index (χ1) is 14.0. The number of hydrogen-bond donors (Lipinski definition) is 1. The predicted molar refractivity (Wildman–Crippen MR) is 104 cm³/mol. The van der Waals surface area contributed by atoms with Crippen molar-refractivity contribution in [2.24, 2.45) is 0 Å². The van der Waals surface area contributed by atoms with Gasteiger partial charge in [-0.3, -0.25) is 4.79 Å². The van der Waals surface area contributed by atoms with Crippen molar-refractivity contribution in [2.45, 2.75) is 39.2 Å². The third-order valence-electron chi connectivity index (χ3n) is 4.67. The van der Waals surface area contributed by atoms with Crippen LogP contribution < -0.4 is 15.0 Å². The second-order valence-corrected chi connectivity index (χ2v) is 7.19. The summed E-state index contributed by atoms with van der Waals surface area (Å²) in [6.45, 7) is 6.04. The molecule has 1 aliphatic rings. The minimum Gasteiger partial charge on any atom is -0.406 e. The molecule has 30 heavy (non-hydrogen) atoms. The van der Waals surface area contributed by atoms with Gasteiger partial charge in [0.2, 0.25) is 0 Å². The fourth-order valence-electron chi connectivity index (χ4n) is 3.16. The molecule has 10 heteroatoms. The predicted octanol–water partition coefficient (Wildman–Crippen LogP) is 4.16. The molecule has 0 aliphatic carbocycles. The lowest BCUT2D eigenvalue weighted by molar-refractivity contribution is -0.274. The van der Waals surface area contributed by atoms with Crippen molar-refractivity contribution >= 4 is 23.4 Å². The highest BCUT2D eigenvalue weighted by molar-refractivity contribution is 6.22. The van der Waals surface area contributed by atoms with Crippen molar-refractivity contribution in [3.05, 3.63) is 48.2 Å². The van der Waals surface area contributed by atoms with Gasteiger partial charge in [0, 0.05) is 19.3 Å². The molecule has 0 saturated carbocycles. The van der Waals surface area contributed by atoms with Crippen LogP contribution >= 0.6 is 0 Å². The van der Waals surface area contributed by atoms with Gasteiger partial charge in [0.05, 0.1) is 5.69 Å². The van der Waals surface area contributed by atoms with Crippen LogP contribution in [0.15, 0.2) is 42.6 Å². The van der Waals surface area contributed by atoms with Crippen LogP contribution in [-0.4, -0.2) is 40.3 Å². The molecule has 7 nitrogen and oxygen atoms in total. The molecule has 0 bridgehead atoms. The minimum absolute atomic E-state index is 0.165. The highest BCUT2D eigenvalue weighted by atomic mass is 19.4. The Morgan fingerprint density at radius 3 is 2.40 bits per heavy atom. The summed E-state index contributed by atoms with van der Waals surface area (Å²) in [5.41, 5.74) is -0.191. The summed E-state index contributed by atoms with van der Waals surface area (Å²) in [7, 11) is 0. The molecule has 0 spiro atoms. The van der Waals surface area contributed by atoms with Gasteiger partial charge in [-0.2, -0.15) is 0 Å². The van der Waals surface area contributed by atoms with Gasteiger partial charge in [-0.25, -0.2) is 14.7 Å². The van der Waals surface area contributed by atoms with E-state index in [4.69, 9.17) is 0 Å². The van der Waals surface area contributed by atoms with Crippen LogP contribution in [0.25, 0.3) is 0 Å². The zero-order chi connectivity index (χ0) is 22.1. The number of carbonyl (C=O) groups excluding carboxylic acids is 2. The maximum absolute atomic E-state index is 13.0. The van der Waals surface area contributed by atoms with E-state index in [2.05, 4.69) is 15.0 Å². The fraction of sp³-hybridized carbons (Fsp3) is 0.350. The van der Waals surface area contributed by atoms with Gasteiger partial charge < -0.3 is 15.0 Å². The first-order valence-electron chi connectivity index (χ1n) is 9.23. The lowest BCUT2D eigenvalue weighted by Gasteiger charge is -2.27. The van der Waals surface area contributed by atoms with Crippen LogP contribution in [0.3, 0.4) is 0 Å². The lowest BCUT2D eigenvalue weighted by Crippen LogP contribution is -2.43. The number of carbonyl (C=O) groups is 2. The van der Waals surface area contributed by atoms with Gasteiger partial charge in [-0.05, 0) is 62.7 Å². The molecule has 1 fully saturated rings. The van der Waals surface area contributed by atoms with Crippen LogP contribution in [0.2, 0.25) is 0 Å². The molecule has 1 N–H and O–H groups in total. The number of amides is 3. The van der Waals surface area contributed by atoms with Crippen LogP contribution in [-0.2, 0) is 11.3 Å². The molecule has 1 aromatic heterocycles. The van der Waals surface area contributed by atoms with Crippen molar-refractivity contribution in [3.8, 4) is 5.75 Å². The van der Waals surface area contributed by atoms with Gasteiger partial charge in [-0.1, -0.05) is 0 Å². The van der Waals surface area contributed by atoms with Crippen molar-refractivity contribution in [1.29, 1.82) is 0 Å². The maximum Gasteiger partial charge on any atom is 0.573 e. The quantitative estimate of drug-likeness (QED) is 0.708. The number of imide groups is 1. The van der Waals surface area contributed by atoms with Crippen molar-refractivity contribution in [1.82, 2.24) is 9.88 Å². The molecule has 160 valence electrons. The standard InChI is InChI=1S/C20H21F3N4O3/c1-4-24-16-11-13(9-10-25-16)12-26-18(29)27(17(28)19(26,2)3)14-5-7-15(8-6-14)30-20(21,22)23/h5-11H,4,12H2,1-3H3,(H,24,25). The molecular formula is C20H21F3N4O3. The Morgan fingerprint density at radius 2 is 1.80 bits per heavy atom. The zero-order valence-corrected chi connectivity index (χ0v) is 16.7. The van der Waals surface area contributed by atoms with Crippen LogP contribution in [0.5, 0.6) is 5.75 Å². The number of benzene rings is 1. The fourth-order valence-corrected chi connectivity index (χ4v) is 3.16. The third kappa shape index (κ3) is 4.32. The number of alkyl halides is 3. The summed E-state index contributed by atoms with van der Waals surface area (Å²) in [6.07, 6.45) is -3.21. The second-order valence-electron chi connectivity index (χ2n) is 7.19. The molecule has 1 aliphatic heterocycles.